The van der Waals surface area contributed by atoms with Crippen LogP contribution in [0.5, 0.6) is 0 Å². The van der Waals surface area contributed by atoms with Crippen molar-refractivity contribution >= 4 is 5.91 Å². The summed E-state index contributed by atoms with van der Waals surface area (Å²) in [6, 6.07) is 1.67. The zero-order valence-electron chi connectivity index (χ0n) is 11.3. The van der Waals surface area contributed by atoms with E-state index in [0.29, 0.717) is 24.5 Å². The summed E-state index contributed by atoms with van der Waals surface area (Å²) in [5.41, 5.74) is 1.16. The second kappa shape index (κ2) is 5.64. The van der Waals surface area contributed by atoms with Crippen LogP contribution in [0.15, 0.2) is 16.8 Å². The van der Waals surface area contributed by atoms with E-state index < -0.39 is 0 Å². The van der Waals surface area contributed by atoms with Gasteiger partial charge in [0.1, 0.15) is 5.76 Å². The molecule has 0 aliphatic rings. The number of carbonyl (C=O) groups excluding carboxylic acids is 1. The van der Waals surface area contributed by atoms with Gasteiger partial charge < -0.3 is 9.84 Å². The van der Waals surface area contributed by atoms with Crippen LogP contribution in [0.3, 0.4) is 0 Å². The standard InChI is InChI=1S/C12H17N5O2/c1-8(2)11-6-10(15-19-11)12(18)13-4-5-17-7-9(3)14-16-17/h6-8H,4-5H2,1-3H3,(H,13,18). The Bertz CT molecular complexity index is 558. The third-order valence-corrected chi connectivity index (χ3v) is 2.61. The van der Waals surface area contributed by atoms with Gasteiger partial charge in [0.15, 0.2) is 5.69 Å². The molecule has 0 aromatic carbocycles. The number of nitrogens with zero attached hydrogens (tertiary/aromatic N) is 4. The molecule has 1 amide bonds. The monoisotopic (exact) mass is 263 g/mol. The van der Waals surface area contributed by atoms with E-state index in [1.807, 2.05) is 27.0 Å². The Morgan fingerprint density at radius 3 is 2.89 bits per heavy atom. The lowest BCUT2D eigenvalue weighted by molar-refractivity contribution is 0.0942. The summed E-state index contributed by atoms with van der Waals surface area (Å²) < 4.78 is 6.76. The van der Waals surface area contributed by atoms with Crippen molar-refractivity contribution in [2.24, 2.45) is 0 Å². The van der Waals surface area contributed by atoms with Gasteiger partial charge in [-0.05, 0) is 6.92 Å². The molecule has 7 nitrogen and oxygen atoms in total. The Kier molecular flexibility index (Phi) is 3.94. The molecule has 0 unspecified atom stereocenters. The van der Waals surface area contributed by atoms with Crippen LogP contribution in [0.25, 0.3) is 0 Å². The van der Waals surface area contributed by atoms with Crippen LogP contribution in [-0.4, -0.2) is 32.6 Å². The van der Waals surface area contributed by atoms with Crippen LogP contribution in [0, 0.1) is 6.92 Å². The summed E-state index contributed by atoms with van der Waals surface area (Å²) in [5.74, 6) is 0.678. The second-order valence-electron chi connectivity index (χ2n) is 4.65. The van der Waals surface area contributed by atoms with Crippen molar-refractivity contribution < 1.29 is 9.32 Å². The van der Waals surface area contributed by atoms with Gasteiger partial charge in [-0.2, -0.15) is 0 Å². The van der Waals surface area contributed by atoms with Crippen LogP contribution in [0.2, 0.25) is 0 Å². The van der Waals surface area contributed by atoms with Crippen molar-refractivity contribution in [3.8, 4) is 0 Å². The Hall–Kier alpha value is -2.18. The van der Waals surface area contributed by atoms with Crippen molar-refractivity contribution in [1.82, 2.24) is 25.5 Å². The molecule has 0 aliphatic heterocycles. The van der Waals surface area contributed by atoms with Crippen LogP contribution in [-0.2, 0) is 6.54 Å². The predicted octanol–water partition coefficient (Wildman–Crippen LogP) is 1.13. The summed E-state index contributed by atoms with van der Waals surface area (Å²) in [6.07, 6.45) is 1.82. The van der Waals surface area contributed by atoms with E-state index in [-0.39, 0.29) is 11.8 Å². The molecule has 0 saturated heterocycles. The van der Waals surface area contributed by atoms with Gasteiger partial charge in [0, 0.05) is 24.7 Å². The van der Waals surface area contributed by atoms with Gasteiger partial charge in [-0.3, -0.25) is 9.48 Å². The number of nitrogens with one attached hydrogen (secondary N) is 1. The molecule has 0 bridgehead atoms. The molecule has 2 heterocycles. The summed E-state index contributed by atoms with van der Waals surface area (Å²) in [5, 5.41) is 14.3. The average Bonchev–Trinajstić information content (AvgIpc) is 2.98. The maximum Gasteiger partial charge on any atom is 0.273 e. The van der Waals surface area contributed by atoms with Crippen LogP contribution < -0.4 is 5.32 Å². The first-order chi connectivity index (χ1) is 9.06. The summed E-state index contributed by atoms with van der Waals surface area (Å²) >= 11 is 0. The molecule has 102 valence electrons. The van der Waals surface area contributed by atoms with E-state index >= 15 is 0 Å². The van der Waals surface area contributed by atoms with Crippen LogP contribution >= 0.6 is 0 Å². The van der Waals surface area contributed by atoms with Crippen molar-refractivity contribution in [3.05, 3.63) is 29.4 Å². The van der Waals surface area contributed by atoms with Crippen molar-refractivity contribution in [2.75, 3.05) is 6.54 Å². The number of aromatic nitrogens is 4. The van der Waals surface area contributed by atoms with Gasteiger partial charge in [-0.1, -0.05) is 24.2 Å². The Labute approximate surface area is 111 Å². The molecule has 0 aliphatic carbocycles. The van der Waals surface area contributed by atoms with Crippen molar-refractivity contribution in [1.29, 1.82) is 0 Å². The fourth-order valence-corrected chi connectivity index (χ4v) is 1.55. The molecule has 19 heavy (non-hydrogen) atoms. The Morgan fingerprint density at radius 2 is 2.32 bits per heavy atom. The minimum Gasteiger partial charge on any atom is -0.360 e. The zero-order valence-corrected chi connectivity index (χ0v) is 11.3. The lowest BCUT2D eigenvalue weighted by Crippen LogP contribution is -2.27. The highest BCUT2D eigenvalue weighted by molar-refractivity contribution is 5.92. The minimum atomic E-state index is -0.243. The number of aryl methyl sites for hydroxylation is 1. The summed E-state index contributed by atoms with van der Waals surface area (Å²) in [7, 11) is 0. The van der Waals surface area contributed by atoms with Crippen molar-refractivity contribution in [2.45, 2.75) is 33.2 Å². The maximum atomic E-state index is 11.8. The highest BCUT2D eigenvalue weighted by atomic mass is 16.5. The number of hydrogen-bond donors (Lipinski definition) is 1. The molecule has 2 aromatic heterocycles. The Balaban J connectivity index is 1.83. The van der Waals surface area contributed by atoms with E-state index in [0.717, 1.165) is 5.69 Å². The minimum absolute atomic E-state index is 0.215. The molecule has 0 spiro atoms. The number of rotatable bonds is 5. The first kappa shape index (κ1) is 13.3. The van der Waals surface area contributed by atoms with Crippen molar-refractivity contribution in [3.63, 3.8) is 0 Å². The quantitative estimate of drug-likeness (QED) is 0.873. The largest absolute Gasteiger partial charge is 0.360 e. The van der Waals surface area contributed by atoms with E-state index in [2.05, 4.69) is 20.8 Å². The number of hydrogen-bond acceptors (Lipinski definition) is 5. The first-order valence-corrected chi connectivity index (χ1v) is 6.18. The normalized spacial score (nSPS) is 10.9. The highest BCUT2D eigenvalue weighted by Gasteiger charge is 2.13. The fourth-order valence-electron chi connectivity index (χ4n) is 1.55. The van der Waals surface area contributed by atoms with Gasteiger partial charge in [-0.25, -0.2) is 0 Å². The lowest BCUT2D eigenvalue weighted by Gasteiger charge is -2.02. The lowest BCUT2D eigenvalue weighted by atomic mass is 10.1. The topological polar surface area (TPSA) is 85.8 Å². The summed E-state index contributed by atoms with van der Waals surface area (Å²) in [4.78, 5) is 11.8. The molecule has 0 radical (unpaired) electrons. The smallest absolute Gasteiger partial charge is 0.273 e. The van der Waals surface area contributed by atoms with Gasteiger partial charge in [0.25, 0.3) is 5.91 Å². The molecular weight excluding hydrogens is 246 g/mol. The third kappa shape index (κ3) is 3.40. The molecule has 0 atom stereocenters. The molecule has 1 N–H and O–H groups in total. The molecule has 2 rings (SSSR count). The van der Waals surface area contributed by atoms with Gasteiger partial charge in [-0.15, -0.1) is 5.10 Å². The van der Waals surface area contributed by atoms with E-state index in [9.17, 15) is 4.79 Å². The van der Waals surface area contributed by atoms with Crippen LogP contribution in [0.4, 0.5) is 0 Å². The predicted molar refractivity (Wildman–Crippen MR) is 67.7 cm³/mol. The number of amides is 1. The van der Waals surface area contributed by atoms with Gasteiger partial charge >= 0.3 is 0 Å². The molecular formula is C12H17N5O2. The second-order valence-corrected chi connectivity index (χ2v) is 4.65. The maximum absolute atomic E-state index is 11.8. The zero-order chi connectivity index (χ0) is 13.8. The van der Waals surface area contributed by atoms with Gasteiger partial charge in [0.2, 0.25) is 0 Å². The Morgan fingerprint density at radius 1 is 1.53 bits per heavy atom. The first-order valence-electron chi connectivity index (χ1n) is 6.18. The van der Waals surface area contributed by atoms with Crippen LogP contribution in [0.1, 0.15) is 41.7 Å². The summed E-state index contributed by atoms with van der Waals surface area (Å²) in [6.45, 7) is 6.86. The molecule has 0 saturated carbocycles. The highest BCUT2D eigenvalue weighted by Crippen LogP contribution is 2.14. The number of carbonyl (C=O) groups is 1. The molecule has 2 aromatic rings. The molecule has 0 fully saturated rings. The average molecular weight is 263 g/mol. The third-order valence-electron chi connectivity index (χ3n) is 2.61. The SMILES string of the molecule is Cc1cn(CCNC(=O)c2cc(C(C)C)on2)nn1. The molecule has 7 heteroatoms. The van der Waals surface area contributed by atoms with E-state index in [1.165, 1.54) is 0 Å². The van der Waals surface area contributed by atoms with E-state index in [1.54, 1.807) is 10.7 Å². The van der Waals surface area contributed by atoms with E-state index in [4.69, 9.17) is 4.52 Å². The van der Waals surface area contributed by atoms with Gasteiger partial charge in [0.05, 0.1) is 12.2 Å². The fraction of sp³-hybridized carbons (Fsp3) is 0.500.